The van der Waals surface area contributed by atoms with Gasteiger partial charge in [-0.25, -0.2) is 9.78 Å². The van der Waals surface area contributed by atoms with Gasteiger partial charge >= 0.3 is 5.97 Å². The van der Waals surface area contributed by atoms with Crippen molar-refractivity contribution >= 4 is 17.7 Å². The first-order valence-electron chi connectivity index (χ1n) is 6.39. The molecule has 2 rings (SSSR count). The molecule has 7 nitrogen and oxygen atoms in total. The molecule has 2 N–H and O–H groups in total. The maximum absolute atomic E-state index is 11.9. The summed E-state index contributed by atoms with van der Waals surface area (Å²) in [6, 6.07) is 4.43. The van der Waals surface area contributed by atoms with Crippen LogP contribution in [0.1, 0.15) is 33.9 Å². The van der Waals surface area contributed by atoms with E-state index < -0.39 is 5.97 Å². The van der Waals surface area contributed by atoms with Crippen LogP contribution in [0.3, 0.4) is 0 Å². The number of aromatic carboxylic acids is 1. The number of nitrogens with one attached hydrogen (secondary N) is 1. The number of anilines is 1. The van der Waals surface area contributed by atoms with E-state index in [4.69, 9.17) is 9.63 Å². The van der Waals surface area contributed by atoms with Crippen molar-refractivity contribution < 1.29 is 19.2 Å². The van der Waals surface area contributed by atoms with Crippen LogP contribution in [0.25, 0.3) is 0 Å². The van der Waals surface area contributed by atoms with Gasteiger partial charge in [0.1, 0.15) is 11.6 Å². The lowest BCUT2D eigenvalue weighted by Gasteiger charge is -2.05. The third kappa shape index (κ3) is 3.65. The first-order chi connectivity index (χ1) is 9.97. The second kappa shape index (κ2) is 6.17. The van der Waals surface area contributed by atoms with Crippen molar-refractivity contribution in [3.05, 3.63) is 40.9 Å². The zero-order valence-corrected chi connectivity index (χ0v) is 11.7. The van der Waals surface area contributed by atoms with Crippen LogP contribution in [0.5, 0.6) is 0 Å². The highest BCUT2D eigenvalue weighted by Gasteiger charge is 2.12. The molecule has 0 unspecified atom stereocenters. The summed E-state index contributed by atoms with van der Waals surface area (Å²) in [7, 11) is 0. The summed E-state index contributed by atoms with van der Waals surface area (Å²) in [5.41, 5.74) is 1.57. The van der Waals surface area contributed by atoms with E-state index in [1.54, 1.807) is 13.0 Å². The highest BCUT2D eigenvalue weighted by Crippen LogP contribution is 2.15. The van der Waals surface area contributed by atoms with Gasteiger partial charge in [0.25, 0.3) is 0 Å². The van der Waals surface area contributed by atoms with E-state index in [0.29, 0.717) is 12.2 Å². The molecule has 0 aliphatic rings. The molecule has 0 aliphatic carbocycles. The number of nitrogens with zero attached hydrogens (tertiary/aromatic N) is 2. The third-order valence-corrected chi connectivity index (χ3v) is 3.02. The maximum Gasteiger partial charge on any atom is 0.354 e. The topological polar surface area (TPSA) is 105 Å². The summed E-state index contributed by atoms with van der Waals surface area (Å²) in [5.74, 6) is -0.461. The van der Waals surface area contributed by atoms with Gasteiger partial charge in [-0.05, 0) is 32.4 Å². The van der Waals surface area contributed by atoms with Crippen molar-refractivity contribution in [2.45, 2.75) is 26.7 Å². The zero-order valence-electron chi connectivity index (χ0n) is 11.7. The molecule has 2 heterocycles. The highest BCUT2D eigenvalue weighted by atomic mass is 16.5. The smallest absolute Gasteiger partial charge is 0.354 e. The van der Waals surface area contributed by atoms with Crippen LogP contribution in [-0.2, 0) is 11.2 Å². The summed E-state index contributed by atoms with van der Waals surface area (Å²) in [5, 5.41) is 15.2. The van der Waals surface area contributed by atoms with Gasteiger partial charge in [0.05, 0.1) is 5.69 Å². The quantitative estimate of drug-likeness (QED) is 0.871. The molecule has 21 heavy (non-hydrogen) atoms. The Morgan fingerprint density at radius 2 is 2.10 bits per heavy atom. The van der Waals surface area contributed by atoms with E-state index in [-0.39, 0.29) is 23.8 Å². The number of amides is 1. The third-order valence-electron chi connectivity index (χ3n) is 3.02. The second-order valence-corrected chi connectivity index (χ2v) is 4.56. The Morgan fingerprint density at radius 3 is 2.71 bits per heavy atom. The first-order valence-corrected chi connectivity index (χ1v) is 6.39. The van der Waals surface area contributed by atoms with Crippen LogP contribution in [0, 0.1) is 13.8 Å². The fourth-order valence-corrected chi connectivity index (χ4v) is 1.93. The average molecular weight is 289 g/mol. The van der Waals surface area contributed by atoms with Crippen molar-refractivity contribution in [3.63, 3.8) is 0 Å². The van der Waals surface area contributed by atoms with E-state index in [1.165, 1.54) is 12.1 Å². The normalized spacial score (nSPS) is 10.4. The molecule has 0 aromatic carbocycles. The van der Waals surface area contributed by atoms with Crippen molar-refractivity contribution in [3.8, 4) is 0 Å². The number of rotatable bonds is 5. The molecule has 0 spiro atoms. The molecular weight excluding hydrogens is 274 g/mol. The predicted molar refractivity (Wildman–Crippen MR) is 74.1 cm³/mol. The van der Waals surface area contributed by atoms with E-state index >= 15 is 0 Å². The lowest BCUT2D eigenvalue weighted by molar-refractivity contribution is -0.116. The van der Waals surface area contributed by atoms with Gasteiger partial charge in [0.15, 0.2) is 5.69 Å². The summed E-state index contributed by atoms with van der Waals surface area (Å²) in [6.07, 6.45) is 0.744. The second-order valence-electron chi connectivity index (χ2n) is 4.56. The van der Waals surface area contributed by atoms with Gasteiger partial charge in [-0.3, -0.25) is 4.79 Å². The molecule has 0 aliphatic heterocycles. The Labute approximate surface area is 121 Å². The number of carbonyl (C=O) groups is 2. The van der Waals surface area contributed by atoms with Gasteiger partial charge in [0.2, 0.25) is 5.91 Å². The number of hydrogen-bond acceptors (Lipinski definition) is 5. The predicted octanol–water partition coefficient (Wildman–Crippen LogP) is 1.96. The molecule has 0 fully saturated rings. The molecular formula is C14H15N3O4. The van der Waals surface area contributed by atoms with Crippen LogP contribution >= 0.6 is 0 Å². The van der Waals surface area contributed by atoms with Crippen molar-refractivity contribution in [1.29, 1.82) is 0 Å². The van der Waals surface area contributed by atoms with Crippen LogP contribution in [0.4, 0.5) is 5.82 Å². The number of aryl methyl sites for hydroxylation is 2. The summed E-state index contributed by atoms with van der Waals surface area (Å²) >= 11 is 0. The Hall–Kier alpha value is -2.70. The SMILES string of the molecule is Cc1noc(C)c1CCC(=O)Nc1cccc(C(=O)O)n1. The number of pyridine rings is 1. The van der Waals surface area contributed by atoms with Crippen LogP contribution < -0.4 is 5.32 Å². The van der Waals surface area contributed by atoms with E-state index in [1.807, 2.05) is 6.92 Å². The Kier molecular flexibility index (Phi) is 4.32. The minimum absolute atomic E-state index is 0.112. The number of carboxylic acid groups (broad SMARTS) is 1. The van der Waals surface area contributed by atoms with E-state index in [2.05, 4.69) is 15.5 Å². The molecule has 7 heteroatoms. The lowest BCUT2D eigenvalue weighted by Crippen LogP contribution is -2.14. The number of carbonyl (C=O) groups excluding carboxylic acids is 1. The fourth-order valence-electron chi connectivity index (χ4n) is 1.93. The van der Waals surface area contributed by atoms with Gasteiger partial charge in [0, 0.05) is 12.0 Å². The molecule has 0 atom stereocenters. The summed E-state index contributed by atoms with van der Waals surface area (Å²) in [6.45, 7) is 3.62. The van der Waals surface area contributed by atoms with Gasteiger partial charge in [-0.1, -0.05) is 11.2 Å². The van der Waals surface area contributed by atoms with Crippen molar-refractivity contribution in [1.82, 2.24) is 10.1 Å². The molecule has 0 bridgehead atoms. The number of aromatic nitrogens is 2. The number of carboxylic acids is 1. The molecule has 2 aromatic rings. The zero-order chi connectivity index (χ0) is 15.4. The molecule has 110 valence electrons. The van der Waals surface area contributed by atoms with Crippen molar-refractivity contribution in [2.24, 2.45) is 0 Å². The summed E-state index contributed by atoms with van der Waals surface area (Å²) < 4.78 is 5.03. The minimum atomic E-state index is -1.14. The van der Waals surface area contributed by atoms with Crippen molar-refractivity contribution in [2.75, 3.05) is 5.32 Å². The largest absolute Gasteiger partial charge is 0.477 e. The lowest BCUT2D eigenvalue weighted by atomic mass is 10.1. The number of hydrogen-bond donors (Lipinski definition) is 2. The molecule has 2 aromatic heterocycles. The van der Waals surface area contributed by atoms with Gasteiger partial charge in [-0.15, -0.1) is 0 Å². The molecule has 0 radical (unpaired) electrons. The molecule has 1 amide bonds. The van der Waals surface area contributed by atoms with Crippen LogP contribution in [0.15, 0.2) is 22.7 Å². The monoisotopic (exact) mass is 289 g/mol. The maximum atomic E-state index is 11.9. The minimum Gasteiger partial charge on any atom is -0.477 e. The average Bonchev–Trinajstić information content (AvgIpc) is 2.76. The van der Waals surface area contributed by atoms with Gasteiger partial charge in [-0.2, -0.15) is 0 Å². The van der Waals surface area contributed by atoms with Crippen LogP contribution in [0.2, 0.25) is 0 Å². The first kappa shape index (κ1) is 14.7. The summed E-state index contributed by atoms with van der Waals surface area (Å²) in [4.78, 5) is 26.5. The van der Waals surface area contributed by atoms with Crippen LogP contribution in [-0.4, -0.2) is 27.1 Å². The Balaban J connectivity index is 1.96. The fraction of sp³-hybridized carbons (Fsp3) is 0.286. The Morgan fingerprint density at radius 1 is 1.33 bits per heavy atom. The van der Waals surface area contributed by atoms with E-state index in [9.17, 15) is 9.59 Å². The molecule has 0 saturated carbocycles. The Bertz CT molecular complexity index is 659. The standard InChI is InChI=1S/C14H15N3O4/c1-8-10(9(2)21-17-8)6-7-13(18)16-12-5-3-4-11(15-12)14(19)20/h3-5H,6-7H2,1-2H3,(H,19,20)(H,15,16,18). The van der Waals surface area contributed by atoms with Gasteiger partial charge < -0.3 is 14.9 Å². The highest BCUT2D eigenvalue weighted by molar-refractivity contribution is 5.91. The van der Waals surface area contributed by atoms with E-state index in [0.717, 1.165) is 11.3 Å². The molecule has 0 saturated heterocycles.